The Hall–Kier alpha value is -0.300. The van der Waals surface area contributed by atoms with Crippen LogP contribution in [0.5, 0.6) is 0 Å². The fourth-order valence-corrected chi connectivity index (χ4v) is 1.06. The van der Waals surface area contributed by atoms with Crippen molar-refractivity contribution >= 4 is 0 Å². The average Bonchev–Trinajstić information content (AvgIpc) is 2.08. The summed E-state index contributed by atoms with van der Waals surface area (Å²) in [7, 11) is 0. The molecular formula is C13H26O. The number of rotatable bonds is 8. The fourth-order valence-electron chi connectivity index (χ4n) is 1.06. The second kappa shape index (κ2) is 9.26. The van der Waals surface area contributed by atoms with Crippen LogP contribution in [0, 0.1) is 11.8 Å². The third-order valence-corrected chi connectivity index (χ3v) is 2.04. The van der Waals surface area contributed by atoms with Gasteiger partial charge in [0.1, 0.15) is 0 Å². The molecular weight excluding hydrogens is 172 g/mol. The summed E-state index contributed by atoms with van der Waals surface area (Å²) in [6.45, 7) is 10.7. The minimum absolute atomic E-state index is 0.756. The molecule has 0 atom stereocenters. The van der Waals surface area contributed by atoms with E-state index >= 15 is 0 Å². The molecule has 0 radical (unpaired) electrons. The molecule has 0 heterocycles. The topological polar surface area (TPSA) is 9.23 Å². The third-order valence-electron chi connectivity index (χ3n) is 2.04. The SMILES string of the molecule is CC(C)C/C=C/CCOCCC(C)C. The first-order chi connectivity index (χ1) is 6.63. The fraction of sp³-hybridized carbons (Fsp3) is 0.846. The van der Waals surface area contributed by atoms with Crippen LogP contribution in [0.25, 0.3) is 0 Å². The predicted molar refractivity (Wildman–Crippen MR) is 63.5 cm³/mol. The Morgan fingerprint density at radius 1 is 0.929 bits per heavy atom. The molecule has 0 N–H and O–H groups in total. The van der Waals surface area contributed by atoms with Crippen LogP contribution in [0.1, 0.15) is 47.0 Å². The Labute approximate surface area is 89.5 Å². The van der Waals surface area contributed by atoms with E-state index in [1.54, 1.807) is 0 Å². The zero-order chi connectivity index (χ0) is 10.8. The lowest BCUT2D eigenvalue weighted by atomic mass is 10.1. The second-order valence-electron chi connectivity index (χ2n) is 4.68. The number of ether oxygens (including phenoxy) is 1. The smallest absolute Gasteiger partial charge is 0.0500 e. The molecule has 0 aromatic carbocycles. The summed E-state index contributed by atoms with van der Waals surface area (Å²) in [4.78, 5) is 0. The molecule has 0 aliphatic rings. The molecule has 0 aromatic rings. The quantitative estimate of drug-likeness (QED) is 0.422. The van der Waals surface area contributed by atoms with Crippen molar-refractivity contribution in [1.29, 1.82) is 0 Å². The van der Waals surface area contributed by atoms with Crippen LogP contribution in [-0.2, 0) is 4.74 Å². The molecule has 14 heavy (non-hydrogen) atoms. The van der Waals surface area contributed by atoms with E-state index in [4.69, 9.17) is 4.74 Å². The van der Waals surface area contributed by atoms with Gasteiger partial charge in [-0.2, -0.15) is 0 Å². The summed E-state index contributed by atoms with van der Waals surface area (Å²) in [5.41, 5.74) is 0. The van der Waals surface area contributed by atoms with Gasteiger partial charge >= 0.3 is 0 Å². The van der Waals surface area contributed by atoms with Crippen LogP contribution in [0.15, 0.2) is 12.2 Å². The first-order valence-electron chi connectivity index (χ1n) is 5.85. The van der Waals surface area contributed by atoms with E-state index in [2.05, 4.69) is 39.8 Å². The summed E-state index contributed by atoms with van der Waals surface area (Å²) in [5.74, 6) is 1.53. The average molecular weight is 198 g/mol. The summed E-state index contributed by atoms with van der Waals surface area (Å²) >= 11 is 0. The molecule has 0 amide bonds. The van der Waals surface area contributed by atoms with Crippen LogP contribution >= 0.6 is 0 Å². The van der Waals surface area contributed by atoms with Gasteiger partial charge in [0.15, 0.2) is 0 Å². The van der Waals surface area contributed by atoms with E-state index in [-0.39, 0.29) is 0 Å². The summed E-state index contributed by atoms with van der Waals surface area (Å²) < 4.78 is 5.50. The van der Waals surface area contributed by atoms with Crippen molar-refractivity contribution in [2.45, 2.75) is 47.0 Å². The maximum absolute atomic E-state index is 5.50. The Balaban J connectivity index is 3.09. The largest absolute Gasteiger partial charge is 0.381 e. The lowest BCUT2D eigenvalue weighted by Gasteiger charge is -2.04. The first-order valence-corrected chi connectivity index (χ1v) is 5.85. The molecule has 0 spiro atoms. The van der Waals surface area contributed by atoms with Gasteiger partial charge in [-0.05, 0) is 31.1 Å². The lowest BCUT2D eigenvalue weighted by Crippen LogP contribution is -1.99. The molecule has 0 aliphatic carbocycles. The molecule has 0 saturated heterocycles. The third kappa shape index (κ3) is 11.7. The number of hydrogen-bond donors (Lipinski definition) is 0. The Kier molecular flexibility index (Phi) is 9.06. The molecule has 0 fully saturated rings. The molecule has 0 rings (SSSR count). The Morgan fingerprint density at radius 2 is 1.64 bits per heavy atom. The number of allylic oxidation sites excluding steroid dienone is 1. The highest BCUT2D eigenvalue weighted by Gasteiger charge is 1.92. The van der Waals surface area contributed by atoms with Crippen molar-refractivity contribution in [3.8, 4) is 0 Å². The van der Waals surface area contributed by atoms with Crippen LogP contribution in [0.3, 0.4) is 0 Å². The van der Waals surface area contributed by atoms with Crippen LogP contribution in [0.4, 0.5) is 0 Å². The van der Waals surface area contributed by atoms with Crippen molar-refractivity contribution in [3.05, 3.63) is 12.2 Å². The molecule has 0 unspecified atom stereocenters. The molecule has 84 valence electrons. The van der Waals surface area contributed by atoms with Crippen LogP contribution < -0.4 is 0 Å². The molecule has 1 nitrogen and oxygen atoms in total. The van der Waals surface area contributed by atoms with Crippen molar-refractivity contribution < 1.29 is 4.74 Å². The standard InChI is InChI=1S/C13H26O/c1-12(2)8-6-5-7-10-14-11-9-13(3)4/h5-6,12-13H,7-11H2,1-4H3/b6-5+. The van der Waals surface area contributed by atoms with Crippen molar-refractivity contribution in [3.63, 3.8) is 0 Å². The number of hydrogen-bond acceptors (Lipinski definition) is 1. The molecule has 0 aromatic heterocycles. The predicted octanol–water partition coefficient (Wildman–Crippen LogP) is 4.04. The highest BCUT2D eigenvalue weighted by atomic mass is 16.5. The van der Waals surface area contributed by atoms with Gasteiger partial charge in [0.25, 0.3) is 0 Å². The van der Waals surface area contributed by atoms with Gasteiger partial charge in [-0.15, -0.1) is 0 Å². The van der Waals surface area contributed by atoms with Gasteiger partial charge in [0, 0.05) is 6.61 Å². The molecule has 0 bridgehead atoms. The summed E-state index contributed by atoms with van der Waals surface area (Å²) in [6.07, 6.45) is 7.92. The Bertz CT molecular complexity index is 136. The van der Waals surface area contributed by atoms with Crippen LogP contribution in [0.2, 0.25) is 0 Å². The maximum Gasteiger partial charge on any atom is 0.0500 e. The summed E-state index contributed by atoms with van der Waals surface area (Å²) in [5, 5.41) is 0. The zero-order valence-corrected chi connectivity index (χ0v) is 10.3. The normalized spacial score (nSPS) is 12.1. The summed E-state index contributed by atoms with van der Waals surface area (Å²) in [6, 6.07) is 0. The van der Waals surface area contributed by atoms with Gasteiger partial charge < -0.3 is 4.74 Å². The van der Waals surface area contributed by atoms with E-state index in [0.717, 1.165) is 31.5 Å². The van der Waals surface area contributed by atoms with Gasteiger partial charge in [-0.1, -0.05) is 39.8 Å². The van der Waals surface area contributed by atoms with Crippen molar-refractivity contribution in [2.24, 2.45) is 11.8 Å². The van der Waals surface area contributed by atoms with E-state index in [1.807, 2.05) is 0 Å². The highest BCUT2D eigenvalue weighted by molar-refractivity contribution is 4.82. The second-order valence-corrected chi connectivity index (χ2v) is 4.68. The van der Waals surface area contributed by atoms with E-state index in [0.29, 0.717) is 0 Å². The first kappa shape index (κ1) is 13.7. The maximum atomic E-state index is 5.50. The van der Waals surface area contributed by atoms with Crippen molar-refractivity contribution in [1.82, 2.24) is 0 Å². The molecule has 1 heteroatoms. The molecule has 0 aliphatic heterocycles. The minimum Gasteiger partial charge on any atom is -0.381 e. The van der Waals surface area contributed by atoms with Gasteiger partial charge in [0.05, 0.1) is 6.61 Å². The Morgan fingerprint density at radius 3 is 2.21 bits per heavy atom. The van der Waals surface area contributed by atoms with Gasteiger partial charge in [-0.3, -0.25) is 0 Å². The van der Waals surface area contributed by atoms with Gasteiger partial charge in [0.2, 0.25) is 0 Å². The van der Waals surface area contributed by atoms with E-state index < -0.39 is 0 Å². The zero-order valence-electron chi connectivity index (χ0n) is 10.3. The van der Waals surface area contributed by atoms with E-state index in [1.165, 1.54) is 12.8 Å². The van der Waals surface area contributed by atoms with Gasteiger partial charge in [-0.25, -0.2) is 0 Å². The molecule has 0 saturated carbocycles. The monoisotopic (exact) mass is 198 g/mol. The van der Waals surface area contributed by atoms with E-state index in [9.17, 15) is 0 Å². The van der Waals surface area contributed by atoms with Crippen LogP contribution in [-0.4, -0.2) is 13.2 Å². The highest BCUT2D eigenvalue weighted by Crippen LogP contribution is 2.01. The lowest BCUT2D eigenvalue weighted by molar-refractivity contribution is 0.128. The van der Waals surface area contributed by atoms with Crippen molar-refractivity contribution in [2.75, 3.05) is 13.2 Å². The minimum atomic E-state index is 0.756.